The molecule has 0 amide bonds. The first-order valence-electron chi connectivity index (χ1n) is 22.5. The molecule has 0 radical (unpaired) electrons. The maximum atomic E-state index is 5.65. The highest BCUT2D eigenvalue weighted by Crippen LogP contribution is 2.50. The highest BCUT2D eigenvalue weighted by atomic mass is 15.2. The third-order valence-corrected chi connectivity index (χ3v) is 13.1. The van der Waals surface area contributed by atoms with Gasteiger partial charge in [0.2, 0.25) is 0 Å². The second-order valence-electron chi connectivity index (χ2n) is 16.9. The van der Waals surface area contributed by atoms with Crippen LogP contribution in [0.15, 0.2) is 243 Å². The molecule has 1 aromatic heterocycles. The van der Waals surface area contributed by atoms with Crippen LogP contribution in [0.3, 0.4) is 0 Å². The molecule has 0 bridgehead atoms. The zero-order valence-corrected chi connectivity index (χ0v) is 35.9. The molecule has 0 aliphatic rings. The Labute approximate surface area is 381 Å². The Hall–Kier alpha value is -8.86. The molecule has 1 heterocycles. The SMILES string of the molecule is c1ccc(-c2cnc3c4cc(N(c5ccccc5)c5c6ccccc6cc6ccccc56)ccc4c4cccc(N(c5ccccc5)c5c6ccccc6cc6ccccc56)c4c3n2)cc1. The lowest BCUT2D eigenvalue weighted by molar-refractivity contribution is 1.29. The molecule has 0 N–H and O–H groups in total. The van der Waals surface area contributed by atoms with Gasteiger partial charge in [0.25, 0.3) is 0 Å². The molecule has 4 nitrogen and oxygen atoms in total. The number of rotatable bonds is 7. The second kappa shape index (κ2) is 15.4. The minimum atomic E-state index is 0.824. The lowest BCUT2D eigenvalue weighted by atomic mass is 9.94. The van der Waals surface area contributed by atoms with Gasteiger partial charge in [0, 0.05) is 54.9 Å². The first kappa shape index (κ1) is 37.7. The summed E-state index contributed by atoms with van der Waals surface area (Å²) >= 11 is 0. The molecule has 4 heteroatoms. The van der Waals surface area contributed by atoms with Gasteiger partial charge in [-0.3, -0.25) is 4.98 Å². The van der Waals surface area contributed by atoms with Crippen LogP contribution in [-0.2, 0) is 0 Å². The molecule has 0 saturated carbocycles. The average Bonchev–Trinajstić information content (AvgIpc) is 3.39. The van der Waals surface area contributed by atoms with E-state index >= 15 is 0 Å². The van der Waals surface area contributed by atoms with Crippen LogP contribution in [0.4, 0.5) is 34.1 Å². The van der Waals surface area contributed by atoms with Crippen LogP contribution in [0.2, 0.25) is 0 Å². The fourth-order valence-electron chi connectivity index (χ4n) is 10.2. The predicted molar refractivity (Wildman–Crippen MR) is 279 cm³/mol. The van der Waals surface area contributed by atoms with Crippen LogP contribution in [0.25, 0.3) is 86.9 Å². The number of hydrogen-bond acceptors (Lipinski definition) is 4. The van der Waals surface area contributed by atoms with E-state index in [9.17, 15) is 0 Å². The number of hydrogen-bond donors (Lipinski definition) is 0. The predicted octanol–water partition coefficient (Wildman–Crippen LogP) is 17.2. The zero-order valence-electron chi connectivity index (χ0n) is 35.9. The van der Waals surface area contributed by atoms with Gasteiger partial charge >= 0.3 is 0 Å². The van der Waals surface area contributed by atoms with E-state index in [0.29, 0.717) is 0 Å². The number of para-hydroxylation sites is 2. The summed E-state index contributed by atoms with van der Waals surface area (Å²) in [5, 5.41) is 13.7. The molecular formula is C62H40N4. The fraction of sp³-hybridized carbons (Fsp3) is 0. The zero-order chi connectivity index (χ0) is 43.6. The third-order valence-electron chi connectivity index (χ3n) is 13.1. The van der Waals surface area contributed by atoms with Crippen LogP contribution in [-0.4, -0.2) is 9.97 Å². The normalized spacial score (nSPS) is 11.6. The van der Waals surface area contributed by atoms with Crippen molar-refractivity contribution in [1.29, 1.82) is 0 Å². The van der Waals surface area contributed by atoms with Crippen molar-refractivity contribution in [2.45, 2.75) is 0 Å². The van der Waals surface area contributed by atoms with Gasteiger partial charge in [-0.15, -0.1) is 0 Å². The van der Waals surface area contributed by atoms with Gasteiger partial charge in [-0.2, -0.15) is 0 Å². The van der Waals surface area contributed by atoms with Crippen molar-refractivity contribution >= 4 is 110 Å². The summed E-state index contributed by atoms with van der Waals surface area (Å²) in [5.74, 6) is 0. The van der Waals surface area contributed by atoms with Gasteiger partial charge in [0.15, 0.2) is 0 Å². The summed E-state index contributed by atoms with van der Waals surface area (Å²) in [6.07, 6.45) is 1.94. The number of fused-ring (bicyclic) bond motifs is 10. The smallest absolute Gasteiger partial charge is 0.1000 e. The van der Waals surface area contributed by atoms with Crippen molar-refractivity contribution in [2.24, 2.45) is 0 Å². The molecule has 0 aliphatic heterocycles. The largest absolute Gasteiger partial charge is 0.309 e. The van der Waals surface area contributed by atoms with E-state index in [1.54, 1.807) is 0 Å². The van der Waals surface area contributed by atoms with Crippen molar-refractivity contribution < 1.29 is 0 Å². The Morgan fingerprint density at radius 2 is 0.773 bits per heavy atom. The molecule has 0 spiro atoms. The minimum Gasteiger partial charge on any atom is -0.309 e. The number of aromatic nitrogens is 2. The molecule has 13 rings (SSSR count). The molecule has 0 aliphatic carbocycles. The topological polar surface area (TPSA) is 32.3 Å². The molecule has 66 heavy (non-hydrogen) atoms. The standard InChI is InChI=1S/C62H40N4/c1-4-19-41(20-5-1)56-40-63-59-55-39-48(65(46-25-6-2-7-26-46)61-49-29-14-10-21-42(49)37-43-22-11-15-30-50(43)61)35-36-53(55)54-33-18-34-57(58(54)60(59)64-56)66(47-27-8-3-9-28-47)62-51-31-16-12-23-44(51)38-45-24-13-17-32-52(45)62/h1-40H. The van der Waals surface area contributed by atoms with E-state index in [1.807, 2.05) is 12.3 Å². The monoisotopic (exact) mass is 840 g/mol. The molecule has 12 aromatic carbocycles. The molecule has 308 valence electrons. The van der Waals surface area contributed by atoms with E-state index in [2.05, 4.69) is 240 Å². The highest BCUT2D eigenvalue weighted by Gasteiger charge is 2.25. The lowest BCUT2D eigenvalue weighted by Gasteiger charge is -2.30. The van der Waals surface area contributed by atoms with Crippen LogP contribution in [0.5, 0.6) is 0 Å². The van der Waals surface area contributed by atoms with Crippen LogP contribution in [0.1, 0.15) is 0 Å². The number of anilines is 6. The van der Waals surface area contributed by atoms with Crippen molar-refractivity contribution in [3.8, 4) is 11.3 Å². The number of benzene rings is 12. The van der Waals surface area contributed by atoms with Crippen molar-refractivity contribution in [3.05, 3.63) is 243 Å². The van der Waals surface area contributed by atoms with E-state index in [1.165, 1.54) is 43.1 Å². The third kappa shape index (κ3) is 6.07. The first-order chi connectivity index (χ1) is 32.8. The van der Waals surface area contributed by atoms with Crippen molar-refractivity contribution in [3.63, 3.8) is 0 Å². The average molecular weight is 841 g/mol. The second-order valence-corrected chi connectivity index (χ2v) is 16.9. The number of nitrogens with zero attached hydrogens (tertiary/aromatic N) is 4. The summed E-state index contributed by atoms with van der Waals surface area (Å²) in [7, 11) is 0. The van der Waals surface area contributed by atoms with Gasteiger partial charge in [-0.05, 0) is 86.9 Å². The van der Waals surface area contributed by atoms with E-state index in [-0.39, 0.29) is 0 Å². The lowest BCUT2D eigenvalue weighted by Crippen LogP contribution is -2.12. The first-order valence-corrected chi connectivity index (χ1v) is 22.5. The quantitative estimate of drug-likeness (QED) is 0.118. The van der Waals surface area contributed by atoms with Gasteiger partial charge in [0.1, 0.15) is 0 Å². The Morgan fingerprint density at radius 1 is 0.303 bits per heavy atom. The van der Waals surface area contributed by atoms with E-state index in [4.69, 9.17) is 9.97 Å². The summed E-state index contributed by atoms with van der Waals surface area (Å²) in [6.45, 7) is 0. The van der Waals surface area contributed by atoms with Crippen LogP contribution in [0, 0.1) is 0 Å². The van der Waals surface area contributed by atoms with Crippen molar-refractivity contribution in [2.75, 3.05) is 9.80 Å². The highest BCUT2D eigenvalue weighted by molar-refractivity contribution is 6.28. The molecule has 0 unspecified atom stereocenters. The van der Waals surface area contributed by atoms with Gasteiger partial charge < -0.3 is 9.80 Å². The van der Waals surface area contributed by atoms with Crippen LogP contribution < -0.4 is 9.80 Å². The molecule has 0 atom stereocenters. The van der Waals surface area contributed by atoms with Gasteiger partial charge in [-0.25, -0.2) is 4.98 Å². The summed E-state index contributed by atoms with van der Waals surface area (Å²) in [6, 6.07) is 85.0. The summed E-state index contributed by atoms with van der Waals surface area (Å²) in [5.41, 5.74) is 10.00. The Morgan fingerprint density at radius 3 is 1.33 bits per heavy atom. The Balaban J connectivity index is 1.15. The van der Waals surface area contributed by atoms with E-state index < -0.39 is 0 Å². The van der Waals surface area contributed by atoms with Gasteiger partial charge in [0.05, 0.1) is 40.0 Å². The molecule has 13 aromatic rings. The van der Waals surface area contributed by atoms with Crippen LogP contribution >= 0.6 is 0 Å². The van der Waals surface area contributed by atoms with Gasteiger partial charge in [-0.1, -0.05) is 182 Å². The van der Waals surface area contributed by atoms with E-state index in [0.717, 1.165) is 78.0 Å². The fourth-order valence-corrected chi connectivity index (χ4v) is 10.2. The summed E-state index contributed by atoms with van der Waals surface area (Å²) < 4.78 is 0. The van der Waals surface area contributed by atoms with Crippen molar-refractivity contribution in [1.82, 2.24) is 9.97 Å². The molecule has 0 saturated heterocycles. The maximum Gasteiger partial charge on any atom is 0.1000 e. The minimum absolute atomic E-state index is 0.824. The maximum absolute atomic E-state index is 5.65. The molecular weight excluding hydrogens is 801 g/mol. The summed E-state index contributed by atoms with van der Waals surface area (Å²) in [4.78, 5) is 15.9. The Bertz CT molecular complexity index is 3890. The molecule has 0 fully saturated rings. The Kier molecular flexibility index (Phi) is 8.81.